The van der Waals surface area contributed by atoms with Gasteiger partial charge in [-0.15, -0.1) is 0 Å². The van der Waals surface area contributed by atoms with E-state index in [0.717, 1.165) is 26.8 Å². The minimum atomic E-state index is -0.506. The molecule has 1 aromatic heterocycles. The van der Waals surface area contributed by atoms with Crippen molar-refractivity contribution in [3.8, 4) is 5.75 Å². The molecule has 0 amide bonds. The number of aliphatic hydroxyl groups excluding tert-OH is 1. The van der Waals surface area contributed by atoms with E-state index in [-0.39, 0.29) is 0 Å². The molecular weight excluding hydrogens is 404 g/mol. The van der Waals surface area contributed by atoms with Crippen LogP contribution in [-0.4, -0.2) is 29.8 Å². The molecule has 0 saturated carbocycles. The van der Waals surface area contributed by atoms with E-state index in [9.17, 15) is 5.11 Å². The van der Waals surface area contributed by atoms with E-state index >= 15 is 0 Å². The molecule has 5 heteroatoms. The fourth-order valence-corrected chi connectivity index (χ4v) is 3.59. The molecule has 4 aromatic rings. The van der Waals surface area contributed by atoms with Gasteiger partial charge in [-0.2, -0.15) is 0 Å². The Morgan fingerprint density at radius 1 is 0.963 bits per heavy atom. The van der Waals surface area contributed by atoms with Gasteiger partial charge >= 0.3 is 0 Å². The number of aliphatic hydroxyl groups is 1. The van der Waals surface area contributed by atoms with E-state index in [0.29, 0.717) is 19.7 Å². The van der Waals surface area contributed by atoms with E-state index in [4.69, 9.17) is 4.74 Å². The van der Waals surface area contributed by atoms with Gasteiger partial charge in [-0.25, -0.2) is 0 Å². The van der Waals surface area contributed by atoms with Crippen LogP contribution in [0.2, 0.25) is 0 Å². The summed E-state index contributed by atoms with van der Waals surface area (Å²) in [5.74, 6) is 0.832. The minimum absolute atomic E-state index is 0.503. The predicted octanol–water partition coefficient (Wildman–Crippen LogP) is 4.79. The average molecular weight is 425 g/mol. The van der Waals surface area contributed by atoms with Crippen LogP contribution in [0.4, 0.5) is 0 Å². The molecule has 0 bridgehead atoms. The molecule has 138 valence electrons. The molecule has 0 fully saturated rings. The van der Waals surface area contributed by atoms with Gasteiger partial charge in [0.25, 0.3) is 0 Å². The summed E-state index contributed by atoms with van der Waals surface area (Å²) in [4.78, 5) is 3.44. The van der Waals surface area contributed by atoms with Crippen molar-refractivity contribution in [3.63, 3.8) is 0 Å². The number of nitrogens with one attached hydrogen (secondary N) is 2. The van der Waals surface area contributed by atoms with Crippen LogP contribution in [0, 0.1) is 0 Å². The number of benzene rings is 3. The molecule has 3 aromatic carbocycles. The monoisotopic (exact) mass is 424 g/mol. The maximum absolute atomic E-state index is 10.1. The molecule has 0 spiro atoms. The van der Waals surface area contributed by atoms with E-state index in [1.54, 1.807) is 0 Å². The number of rotatable bonds is 7. The van der Waals surface area contributed by atoms with Crippen molar-refractivity contribution < 1.29 is 9.84 Å². The lowest BCUT2D eigenvalue weighted by Crippen LogP contribution is -2.26. The number of fused-ring (bicyclic) bond motifs is 3. The Morgan fingerprint density at radius 3 is 2.52 bits per heavy atom. The second-order valence-corrected chi connectivity index (χ2v) is 7.42. The van der Waals surface area contributed by atoms with Gasteiger partial charge in [0.2, 0.25) is 0 Å². The Bertz CT molecular complexity index is 1050. The Labute approximate surface area is 166 Å². The van der Waals surface area contributed by atoms with Crippen LogP contribution < -0.4 is 10.1 Å². The first-order valence-corrected chi connectivity index (χ1v) is 9.77. The summed E-state index contributed by atoms with van der Waals surface area (Å²) < 4.78 is 6.91. The standard InChI is InChI=1S/C22H21BrN2O2/c23-16-6-8-18-19-9-7-17(13-21(19)25-20(18)12-16)27-11-10-24-14-22(26)15-4-2-1-3-5-15/h1-9,12-13,22,24-26H,10-11,14H2. The van der Waals surface area contributed by atoms with Crippen LogP contribution in [0.25, 0.3) is 21.8 Å². The van der Waals surface area contributed by atoms with Gasteiger partial charge < -0.3 is 20.1 Å². The zero-order valence-corrected chi connectivity index (χ0v) is 16.4. The van der Waals surface area contributed by atoms with Gasteiger partial charge in [0.15, 0.2) is 0 Å². The molecule has 0 aliphatic rings. The second-order valence-electron chi connectivity index (χ2n) is 6.50. The first-order chi connectivity index (χ1) is 13.2. The molecule has 0 aliphatic heterocycles. The van der Waals surface area contributed by atoms with Crippen molar-refractivity contribution in [2.45, 2.75) is 6.10 Å². The maximum Gasteiger partial charge on any atom is 0.121 e. The number of halogens is 1. The molecule has 3 N–H and O–H groups in total. The maximum atomic E-state index is 10.1. The third-order valence-electron chi connectivity index (χ3n) is 4.60. The highest BCUT2D eigenvalue weighted by Crippen LogP contribution is 2.30. The first kappa shape index (κ1) is 18.0. The lowest BCUT2D eigenvalue weighted by molar-refractivity contribution is 0.172. The molecule has 1 atom stereocenters. The normalized spacial score (nSPS) is 12.5. The van der Waals surface area contributed by atoms with Gasteiger partial charge in [0, 0.05) is 39.9 Å². The van der Waals surface area contributed by atoms with Crippen LogP contribution in [0.1, 0.15) is 11.7 Å². The van der Waals surface area contributed by atoms with Crippen LogP contribution in [-0.2, 0) is 0 Å². The van der Waals surface area contributed by atoms with Crippen molar-refractivity contribution >= 4 is 37.7 Å². The van der Waals surface area contributed by atoms with Crippen LogP contribution in [0.3, 0.4) is 0 Å². The Kier molecular flexibility index (Phi) is 5.43. The smallest absolute Gasteiger partial charge is 0.121 e. The van der Waals surface area contributed by atoms with Gasteiger partial charge in [-0.1, -0.05) is 52.3 Å². The van der Waals surface area contributed by atoms with E-state index in [2.05, 4.69) is 50.5 Å². The SMILES string of the molecule is OC(CNCCOc1ccc2c(c1)[nH]c1cc(Br)ccc12)c1ccccc1. The Morgan fingerprint density at radius 2 is 1.70 bits per heavy atom. The quantitative estimate of drug-likeness (QED) is 0.374. The molecule has 4 nitrogen and oxygen atoms in total. The molecular formula is C22H21BrN2O2. The summed E-state index contributed by atoms with van der Waals surface area (Å²) in [7, 11) is 0. The van der Waals surface area contributed by atoms with Crippen molar-refractivity contribution in [2.75, 3.05) is 19.7 Å². The number of H-pyrrole nitrogens is 1. The van der Waals surface area contributed by atoms with Crippen LogP contribution in [0.5, 0.6) is 5.75 Å². The summed E-state index contributed by atoms with van der Waals surface area (Å²) in [6, 6.07) is 22.0. The van der Waals surface area contributed by atoms with Crippen LogP contribution >= 0.6 is 15.9 Å². The molecule has 4 rings (SSSR count). The van der Waals surface area contributed by atoms with Gasteiger partial charge in [0.05, 0.1) is 11.6 Å². The van der Waals surface area contributed by atoms with Crippen LogP contribution in [0.15, 0.2) is 71.2 Å². The lowest BCUT2D eigenvalue weighted by Gasteiger charge is -2.12. The summed E-state index contributed by atoms with van der Waals surface area (Å²) in [5, 5.41) is 15.8. The number of ether oxygens (including phenoxy) is 1. The fraction of sp³-hybridized carbons (Fsp3) is 0.182. The minimum Gasteiger partial charge on any atom is -0.492 e. The van der Waals surface area contributed by atoms with Gasteiger partial charge in [-0.3, -0.25) is 0 Å². The zero-order valence-electron chi connectivity index (χ0n) is 14.8. The van der Waals surface area contributed by atoms with Crippen molar-refractivity contribution in [2.24, 2.45) is 0 Å². The number of hydrogen-bond acceptors (Lipinski definition) is 3. The Balaban J connectivity index is 1.32. The predicted molar refractivity (Wildman–Crippen MR) is 113 cm³/mol. The van der Waals surface area contributed by atoms with Gasteiger partial charge in [-0.05, 0) is 29.8 Å². The fourth-order valence-electron chi connectivity index (χ4n) is 3.22. The Hall–Kier alpha value is -2.34. The van der Waals surface area contributed by atoms with E-state index in [1.165, 1.54) is 10.8 Å². The summed E-state index contributed by atoms with van der Waals surface area (Å²) in [6.45, 7) is 1.71. The van der Waals surface area contributed by atoms with E-state index < -0.39 is 6.10 Å². The number of aromatic amines is 1. The second kappa shape index (κ2) is 8.13. The lowest BCUT2D eigenvalue weighted by atomic mass is 10.1. The summed E-state index contributed by atoms with van der Waals surface area (Å²) in [5.41, 5.74) is 3.09. The molecule has 0 saturated heterocycles. The molecule has 1 unspecified atom stereocenters. The van der Waals surface area contributed by atoms with Crippen molar-refractivity contribution in [1.82, 2.24) is 10.3 Å². The highest BCUT2D eigenvalue weighted by molar-refractivity contribution is 9.10. The highest BCUT2D eigenvalue weighted by Gasteiger charge is 2.07. The first-order valence-electron chi connectivity index (χ1n) is 8.98. The van der Waals surface area contributed by atoms with Gasteiger partial charge in [0.1, 0.15) is 12.4 Å². The van der Waals surface area contributed by atoms with E-state index in [1.807, 2.05) is 42.5 Å². The number of hydrogen-bond donors (Lipinski definition) is 3. The molecule has 0 aliphatic carbocycles. The highest BCUT2D eigenvalue weighted by atomic mass is 79.9. The van der Waals surface area contributed by atoms with Crippen molar-refractivity contribution in [3.05, 3.63) is 76.8 Å². The third-order valence-corrected chi connectivity index (χ3v) is 5.10. The summed E-state index contributed by atoms with van der Waals surface area (Å²) in [6.07, 6.45) is -0.506. The van der Waals surface area contributed by atoms with Crippen molar-refractivity contribution in [1.29, 1.82) is 0 Å². The topological polar surface area (TPSA) is 57.3 Å². The largest absolute Gasteiger partial charge is 0.492 e. The summed E-state index contributed by atoms with van der Waals surface area (Å²) >= 11 is 3.51. The number of aromatic nitrogens is 1. The molecule has 27 heavy (non-hydrogen) atoms. The third kappa shape index (κ3) is 4.16. The average Bonchev–Trinajstić information content (AvgIpc) is 3.04. The zero-order chi connectivity index (χ0) is 18.6. The molecule has 1 heterocycles. The molecule has 0 radical (unpaired) electrons.